The van der Waals surface area contributed by atoms with Gasteiger partial charge in [-0.1, -0.05) is 12.8 Å². The Hall–Kier alpha value is -0.420. The summed E-state index contributed by atoms with van der Waals surface area (Å²) in [4.78, 5) is 11.9. The third-order valence-electron chi connectivity index (χ3n) is 3.96. The van der Waals surface area contributed by atoms with Crippen molar-refractivity contribution in [2.45, 2.75) is 50.6 Å². The number of hydrogen-bond acceptors (Lipinski definition) is 3. The fourth-order valence-corrected chi connectivity index (χ4v) is 3.94. The van der Waals surface area contributed by atoms with Crippen molar-refractivity contribution in [3.05, 3.63) is 0 Å². The van der Waals surface area contributed by atoms with Crippen LogP contribution in [0, 0.1) is 5.92 Å². The molecule has 3 atom stereocenters. The molecule has 0 aromatic heterocycles. The molecule has 1 aliphatic heterocycles. The first-order chi connectivity index (χ1) is 8.79. The number of hydrogen-bond donors (Lipinski definition) is 3. The molecular weight excluding hydrogens is 248 g/mol. The Labute approximate surface area is 113 Å². The van der Waals surface area contributed by atoms with Gasteiger partial charge in [0.05, 0.1) is 0 Å². The Bertz CT molecular complexity index is 270. The molecule has 2 rings (SSSR count). The van der Waals surface area contributed by atoms with Gasteiger partial charge in [0, 0.05) is 30.4 Å². The quantitative estimate of drug-likeness (QED) is 0.733. The maximum Gasteiger partial charge on any atom is 0.315 e. The number of amides is 2. The minimum Gasteiger partial charge on any atom is -0.396 e. The molecule has 1 aliphatic carbocycles. The SMILES string of the molecule is O=C(NC1CCCSC1)NC1CCCCC1CO. The van der Waals surface area contributed by atoms with Gasteiger partial charge in [-0.3, -0.25) is 0 Å². The minimum atomic E-state index is -0.0483. The van der Waals surface area contributed by atoms with Crippen molar-refractivity contribution in [2.24, 2.45) is 5.92 Å². The molecule has 0 spiro atoms. The first-order valence-electron chi connectivity index (χ1n) is 7.05. The van der Waals surface area contributed by atoms with Crippen molar-refractivity contribution < 1.29 is 9.90 Å². The van der Waals surface area contributed by atoms with Crippen LogP contribution in [0.2, 0.25) is 0 Å². The van der Waals surface area contributed by atoms with Crippen molar-refractivity contribution >= 4 is 17.8 Å². The third kappa shape index (κ3) is 4.05. The lowest BCUT2D eigenvalue weighted by Crippen LogP contribution is -2.51. The first kappa shape index (κ1) is 14.0. The van der Waals surface area contributed by atoms with Gasteiger partial charge in [0.2, 0.25) is 0 Å². The van der Waals surface area contributed by atoms with Gasteiger partial charge in [0.25, 0.3) is 0 Å². The molecule has 1 saturated carbocycles. The highest BCUT2D eigenvalue weighted by Gasteiger charge is 2.26. The first-order valence-corrected chi connectivity index (χ1v) is 8.20. The second-order valence-corrected chi connectivity index (χ2v) is 6.52. The highest BCUT2D eigenvalue weighted by molar-refractivity contribution is 7.99. The topological polar surface area (TPSA) is 61.4 Å². The second kappa shape index (κ2) is 7.24. The zero-order valence-electron chi connectivity index (χ0n) is 10.9. The molecule has 0 aromatic carbocycles. The number of thioether (sulfide) groups is 1. The summed E-state index contributed by atoms with van der Waals surface area (Å²) in [6, 6.07) is 0.424. The average molecular weight is 272 g/mol. The van der Waals surface area contributed by atoms with Crippen LogP contribution >= 0.6 is 11.8 Å². The molecule has 3 unspecified atom stereocenters. The number of nitrogens with one attached hydrogen (secondary N) is 2. The van der Waals surface area contributed by atoms with E-state index in [2.05, 4.69) is 10.6 Å². The van der Waals surface area contributed by atoms with Gasteiger partial charge < -0.3 is 15.7 Å². The number of rotatable bonds is 3. The minimum absolute atomic E-state index is 0.0483. The van der Waals surface area contributed by atoms with Crippen LogP contribution in [-0.4, -0.2) is 41.3 Å². The summed E-state index contributed by atoms with van der Waals surface area (Å²) in [5.74, 6) is 2.49. The lowest BCUT2D eigenvalue weighted by Gasteiger charge is -2.32. The summed E-state index contributed by atoms with van der Waals surface area (Å²) in [7, 11) is 0. The van der Waals surface area contributed by atoms with Gasteiger partial charge in [-0.15, -0.1) is 0 Å². The summed E-state index contributed by atoms with van der Waals surface area (Å²) in [5, 5.41) is 15.4. The van der Waals surface area contributed by atoms with Crippen molar-refractivity contribution in [3.63, 3.8) is 0 Å². The van der Waals surface area contributed by atoms with Crippen LogP contribution in [0.3, 0.4) is 0 Å². The number of carbonyl (C=O) groups excluding carboxylic acids is 1. The van der Waals surface area contributed by atoms with Gasteiger partial charge in [0.1, 0.15) is 0 Å². The van der Waals surface area contributed by atoms with Crippen LogP contribution in [-0.2, 0) is 0 Å². The third-order valence-corrected chi connectivity index (χ3v) is 5.17. The molecule has 104 valence electrons. The largest absolute Gasteiger partial charge is 0.396 e. The van der Waals surface area contributed by atoms with Gasteiger partial charge in [-0.05, 0) is 31.4 Å². The summed E-state index contributed by atoms with van der Waals surface area (Å²) in [5.41, 5.74) is 0. The van der Waals surface area contributed by atoms with Crippen molar-refractivity contribution in [2.75, 3.05) is 18.1 Å². The summed E-state index contributed by atoms with van der Waals surface area (Å²) >= 11 is 1.91. The molecule has 0 aromatic rings. The molecule has 1 saturated heterocycles. The van der Waals surface area contributed by atoms with Crippen molar-refractivity contribution in [3.8, 4) is 0 Å². The van der Waals surface area contributed by atoms with Crippen LogP contribution in [0.5, 0.6) is 0 Å². The van der Waals surface area contributed by atoms with Gasteiger partial charge in [-0.25, -0.2) is 4.79 Å². The maximum absolute atomic E-state index is 11.9. The van der Waals surface area contributed by atoms with E-state index in [1.165, 1.54) is 18.6 Å². The molecule has 0 bridgehead atoms. The zero-order valence-corrected chi connectivity index (χ0v) is 11.7. The maximum atomic E-state index is 11.9. The van der Waals surface area contributed by atoms with E-state index in [4.69, 9.17) is 0 Å². The zero-order chi connectivity index (χ0) is 12.8. The fraction of sp³-hybridized carbons (Fsp3) is 0.923. The van der Waals surface area contributed by atoms with Crippen LogP contribution in [0.25, 0.3) is 0 Å². The summed E-state index contributed by atoms with van der Waals surface area (Å²) < 4.78 is 0. The molecule has 5 heteroatoms. The van der Waals surface area contributed by atoms with E-state index in [9.17, 15) is 9.90 Å². The number of carbonyl (C=O) groups is 1. The normalized spacial score (nSPS) is 32.8. The van der Waals surface area contributed by atoms with Gasteiger partial charge in [-0.2, -0.15) is 11.8 Å². The molecule has 4 nitrogen and oxygen atoms in total. The standard InChI is InChI=1S/C13H24N2O2S/c16-8-10-4-1-2-6-12(10)15-13(17)14-11-5-3-7-18-9-11/h10-12,16H,1-9H2,(H2,14,15,17). The fourth-order valence-electron chi connectivity index (χ4n) is 2.87. The molecule has 3 N–H and O–H groups in total. The van der Waals surface area contributed by atoms with Gasteiger partial charge >= 0.3 is 6.03 Å². The van der Waals surface area contributed by atoms with Crippen molar-refractivity contribution in [1.82, 2.24) is 10.6 Å². The molecule has 0 radical (unpaired) electrons. The highest BCUT2D eigenvalue weighted by Crippen LogP contribution is 2.24. The Morgan fingerprint density at radius 3 is 2.72 bits per heavy atom. The predicted octanol–water partition coefficient (Wildman–Crippen LogP) is 1.73. The lowest BCUT2D eigenvalue weighted by molar-refractivity contribution is 0.153. The van der Waals surface area contributed by atoms with E-state index in [0.717, 1.165) is 31.4 Å². The molecule has 2 amide bonds. The highest BCUT2D eigenvalue weighted by atomic mass is 32.2. The number of aliphatic hydroxyl groups excluding tert-OH is 1. The Morgan fingerprint density at radius 1 is 1.17 bits per heavy atom. The second-order valence-electron chi connectivity index (χ2n) is 5.37. The molecule has 2 fully saturated rings. The van der Waals surface area contributed by atoms with Crippen LogP contribution in [0.4, 0.5) is 4.79 Å². The smallest absolute Gasteiger partial charge is 0.315 e. The molecule has 2 aliphatic rings. The van der Waals surface area contributed by atoms with Gasteiger partial charge in [0.15, 0.2) is 0 Å². The Balaban J connectivity index is 1.75. The Morgan fingerprint density at radius 2 is 2.00 bits per heavy atom. The summed E-state index contributed by atoms with van der Waals surface area (Å²) in [6.45, 7) is 0.185. The number of urea groups is 1. The van der Waals surface area contributed by atoms with E-state index in [0.29, 0.717) is 6.04 Å². The number of aliphatic hydroxyl groups is 1. The van der Waals surface area contributed by atoms with Crippen LogP contribution in [0.1, 0.15) is 38.5 Å². The van der Waals surface area contributed by atoms with E-state index in [1.807, 2.05) is 11.8 Å². The Kier molecular flexibility index (Phi) is 5.63. The van der Waals surface area contributed by atoms with Crippen LogP contribution in [0.15, 0.2) is 0 Å². The van der Waals surface area contributed by atoms with E-state index >= 15 is 0 Å². The van der Waals surface area contributed by atoms with Crippen LogP contribution < -0.4 is 10.6 Å². The average Bonchev–Trinajstić information content (AvgIpc) is 2.40. The molecular formula is C13H24N2O2S. The van der Waals surface area contributed by atoms with E-state index in [-0.39, 0.29) is 24.6 Å². The molecule has 1 heterocycles. The van der Waals surface area contributed by atoms with Crippen molar-refractivity contribution in [1.29, 1.82) is 0 Å². The predicted molar refractivity (Wildman–Crippen MR) is 74.8 cm³/mol. The lowest BCUT2D eigenvalue weighted by atomic mass is 9.85. The summed E-state index contributed by atoms with van der Waals surface area (Å²) in [6.07, 6.45) is 6.64. The van der Waals surface area contributed by atoms with E-state index in [1.54, 1.807) is 0 Å². The molecule has 18 heavy (non-hydrogen) atoms. The monoisotopic (exact) mass is 272 g/mol. The van der Waals surface area contributed by atoms with E-state index < -0.39 is 0 Å².